The fourth-order valence-corrected chi connectivity index (χ4v) is 4.31. The van der Waals surface area contributed by atoms with Crippen LogP contribution >= 0.6 is 11.3 Å². The molecule has 1 aromatic heterocycles. The van der Waals surface area contributed by atoms with Gasteiger partial charge in [0.05, 0.1) is 10.5 Å². The Balaban J connectivity index is 1.59. The third-order valence-electron chi connectivity index (χ3n) is 5.82. The number of hydrogen-bond acceptors (Lipinski definition) is 7. The van der Waals surface area contributed by atoms with Crippen molar-refractivity contribution < 1.29 is 25.2 Å². The first-order chi connectivity index (χ1) is 15.0. The first-order valence-corrected chi connectivity index (χ1v) is 11.2. The van der Waals surface area contributed by atoms with Crippen LogP contribution in [0.5, 0.6) is 23.1 Å². The molecule has 0 aliphatic carbocycles. The number of H-pyrrole nitrogens is 1. The van der Waals surface area contributed by atoms with Gasteiger partial charge in [0, 0.05) is 12.0 Å². The number of aromatic nitrogens is 1. The van der Waals surface area contributed by atoms with E-state index in [0.29, 0.717) is 52.1 Å². The highest BCUT2D eigenvalue weighted by Gasteiger charge is 2.24. The van der Waals surface area contributed by atoms with Crippen LogP contribution in [0.2, 0.25) is 0 Å². The van der Waals surface area contributed by atoms with Gasteiger partial charge >= 0.3 is 4.87 Å². The van der Waals surface area contributed by atoms with Crippen LogP contribution in [0.4, 0.5) is 0 Å². The zero-order valence-electron chi connectivity index (χ0n) is 18.7. The van der Waals surface area contributed by atoms with Gasteiger partial charge in [-0.1, -0.05) is 23.5 Å². The lowest BCUT2D eigenvalue weighted by molar-refractivity contribution is 0.00453. The zero-order valence-corrected chi connectivity index (χ0v) is 19.5. The summed E-state index contributed by atoms with van der Waals surface area (Å²) in [5.41, 5.74) is 2.31. The molecule has 32 heavy (non-hydrogen) atoms. The molecule has 0 amide bonds. The van der Waals surface area contributed by atoms with Crippen LogP contribution in [0.3, 0.4) is 0 Å². The number of hydrogen-bond donors (Lipinski definition) is 5. The maximum absolute atomic E-state index is 11.3. The predicted octanol–water partition coefficient (Wildman–Crippen LogP) is 3.83. The predicted molar refractivity (Wildman–Crippen MR) is 124 cm³/mol. The van der Waals surface area contributed by atoms with Gasteiger partial charge in [-0.3, -0.25) is 9.78 Å². The van der Waals surface area contributed by atoms with E-state index in [-0.39, 0.29) is 28.9 Å². The molecule has 7 nitrogen and oxygen atoms in total. The molecule has 1 heterocycles. The van der Waals surface area contributed by atoms with Crippen LogP contribution in [0.15, 0.2) is 29.1 Å². The fraction of sp³-hybridized carbons (Fsp3) is 0.375. The van der Waals surface area contributed by atoms with Gasteiger partial charge in [-0.05, 0) is 74.9 Å². The summed E-state index contributed by atoms with van der Waals surface area (Å²) in [6.45, 7) is 7.01. The quantitative estimate of drug-likeness (QED) is 0.326. The molecule has 0 aliphatic heterocycles. The molecule has 0 radical (unpaired) electrons. The van der Waals surface area contributed by atoms with Crippen molar-refractivity contribution in [1.29, 1.82) is 0 Å². The number of rotatable bonds is 8. The molecule has 0 saturated carbocycles. The van der Waals surface area contributed by atoms with E-state index in [2.05, 4.69) is 4.98 Å². The smallest absolute Gasteiger partial charge is 0.307 e. The molecule has 5 N–H and O–H groups in total. The number of aliphatic hydroxyl groups is 1. The summed E-state index contributed by atoms with van der Waals surface area (Å²) in [6.07, 6.45) is 1.16. The van der Waals surface area contributed by atoms with Gasteiger partial charge in [-0.2, -0.15) is 0 Å². The first-order valence-electron chi connectivity index (χ1n) is 10.3. The number of phenols is 2. The number of aromatic amines is 1. The van der Waals surface area contributed by atoms with Crippen molar-refractivity contribution in [2.24, 2.45) is 0 Å². The first kappa shape index (κ1) is 23.7. The molecule has 1 unspecified atom stereocenters. The molecule has 172 valence electrons. The maximum Gasteiger partial charge on any atom is 0.307 e. The van der Waals surface area contributed by atoms with Gasteiger partial charge in [0.2, 0.25) is 5.88 Å². The Bertz CT molecular complexity index is 1130. The van der Waals surface area contributed by atoms with E-state index in [4.69, 9.17) is 4.74 Å². The number of thiazole rings is 1. The Morgan fingerprint density at radius 2 is 1.62 bits per heavy atom. The van der Waals surface area contributed by atoms with E-state index in [1.807, 2.05) is 12.1 Å². The van der Waals surface area contributed by atoms with Gasteiger partial charge in [0.15, 0.2) is 0 Å². The standard InChI is InChI=1S/C24H29NO6S/c1-13-14(2)21(27)18(15(3)20(13)26)9-10-24(4,30)12-31-17-7-5-16(6-8-17)11-19-22(28)25-23(29)32-19/h5-8,26-28,30H,9-12H2,1-4H3,(H,25,29). The molecular weight excluding hydrogens is 430 g/mol. The summed E-state index contributed by atoms with van der Waals surface area (Å²) in [6, 6.07) is 7.23. The van der Waals surface area contributed by atoms with E-state index in [1.54, 1.807) is 39.8 Å². The highest BCUT2D eigenvalue weighted by molar-refractivity contribution is 7.09. The Morgan fingerprint density at radius 3 is 2.22 bits per heavy atom. The van der Waals surface area contributed by atoms with Gasteiger partial charge < -0.3 is 25.2 Å². The average Bonchev–Trinajstić information content (AvgIpc) is 3.07. The summed E-state index contributed by atoms with van der Waals surface area (Å²) in [7, 11) is 0. The topological polar surface area (TPSA) is 123 Å². The molecular formula is C24H29NO6S. The van der Waals surface area contributed by atoms with Crippen LogP contribution in [0, 0.1) is 20.8 Å². The molecule has 3 aromatic rings. The Kier molecular flexibility index (Phi) is 6.85. The van der Waals surface area contributed by atoms with Crippen molar-refractivity contribution in [3.63, 3.8) is 0 Å². The van der Waals surface area contributed by atoms with Gasteiger partial charge in [-0.25, -0.2) is 0 Å². The molecule has 8 heteroatoms. The lowest BCUT2D eigenvalue weighted by Gasteiger charge is -2.25. The van der Waals surface area contributed by atoms with Crippen LogP contribution in [0.1, 0.15) is 46.0 Å². The lowest BCUT2D eigenvalue weighted by atomic mass is 9.91. The second-order valence-electron chi connectivity index (χ2n) is 8.44. The summed E-state index contributed by atoms with van der Waals surface area (Å²) >= 11 is 0.976. The highest BCUT2D eigenvalue weighted by Crippen LogP contribution is 2.37. The third-order valence-corrected chi connectivity index (χ3v) is 6.69. The Morgan fingerprint density at radius 1 is 1.00 bits per heavy atom. The maximum atomic E-state index is 11.3. The Hall–Kier alpha value is -2.97. The van der Waals surface area contributed by atoms with E-state index < -0.39 is 5.60 Å². The van der Waals surface area contributed by atoms with Crippen molar-refractivity contribution >= 4 is 11.3 Å². The number of ether oxygens (including phenoxy) is 1. The normalized spacial score (nSPS) is 13.2. The van der Waals surface area contributed by atoms with Gasteiger partial charge in [0.1, 0.15) is 23.9 Å². The third kappa shape index (κ3) is 5.26. The second-order valence-corrected chi connectivity index (χ2v) is 9.51. The van der Waals surface area contributed by atoms with Crippen LogP contribution < -0.4 is 9.61 Å². The molecule has 0 bridgehead atoms. The molecule has 0 saturated heterocycles. The SMILES string of the molecule is Cc1c(C)c(O)c(CCC(C)(O)COc2ccc(Cc3sc(=O)[nH]c3O)cc2)c(C)c1O. The van der Waals surface area contributed by atoms with Crippen molar-refractivity contribution in [2.45, 2.75) is 52.6 Å². The largest absolute Gasteiger partial charge is 0.507 e. The van der Waals surface area contributed by atoms with Crippen molar-refractivity contribution in [1.82, 2.24) is 4.98 Å². The Labute approximate surface area is 190 Å². The lowest BCUT2D eigenvalue weighted by Crippen LogP contribution is -2.33. The molecule has 3 rings (SSSR count). The zero-order chi connectivity index (χ0) is 23.6. The van der Waals surface area contributed by atoms with Gasteiger partial charge in [-0.15, -0.1) is 0 Å². The molecule has 1 atom stereocenters. The summed E-state index contributed by atoms with van der Waals surface area (Å²) in [4.78, 5) is 13.9. The van der Waals surface area contributed by atoms with Crippen LogP contribution in [-0.4, -0.2) is 37.6 Å². The van der Waals surface area contributed by atoms with Crippen LogP contribution in [0.25, 0.3) is 0 Å². The highest BCUT2D eigenvalue weighted by atomic mass is 32.1. The van der Waals surface area contributed by atoms with E-state index in [0.717, 1.165) is 16.9 Å². The van der Waals surface area contributed by atoms with E-state index in [1.165, 1.54) is 0 Å². The molecule has 0 aliphatic rings. The molecule has 0 spiro atoms. The minimum atomic E-state index is -1.14. The minimum Gasteiger partial charge on any atom is -0.507 e. The van der Waals surface area contributed by atoms with Crippen molar-refractivity contribution in [3.05, 3.63) is 66.6 Å². The second kappa shape index (κ2) is 9.26. The van der Waals surface area contributed by atoms with E-state index >= 15 is 0 Å². The number of aromatic hydroxyl groups is 3. The van der Waals surface area contributed by atoms with Crippen molar-refractivity contribution in [3.8, 4) is 23.1 Å². The monoisotopic (exact) mass is 459 g/mol. The summed E-state index contributed by atoms with van der Waals surface area (Å²) < 4.78 is 5.75. The minimum absolute atomic E-state index is 0.0587. The van der Waals surface area contributed by atoms with Crippen LogP contribution in [-0.2, 0) is 12.8 Å². The number of nitrogens with one attached hydrogen (secondary N) is 1. The van der Waals surface area contributed by atoms with Gasteiger partial charge in [0.25, 0.3) is 0 Å². The average molecular weight is 460 g/mol. The fourth-order valence-electron chi connectivity index (χ4n) is 3.56. The number of benzene rings is 2. The molecule has 0 fully saturated rings. The molecule has 2 aromatic carbocycles. The van der Waals surface area contributed by atoms with Crippen molar-refractivity contribution in [2.75, 3.05) is 6.61 Å². The number of phenolic OH excluding ortho intramolecular Hbond substituents is 2. The summed E-state index contributed by atoms with van der Waals surface area (Å²) in [5, 5.41) is 41.2. The summed E-state index contributed by atoms with van der Waals surface area (Å²) in [5.74, 6) is 0.813. The van der Waals surface area contributed by atoms with E-state index in [9.17, 15) is 25.2 Å².